The summed E-state index contributed by atoms with van der Waals surface area (Å²) in [4.78, 5) is 19.0. The summed E-state index contributed by atoms with van der Waals surface area (Å²) < 4.78 is 0. The lowest BCUT2D eigenvalue weighted by Gasteiger charge is -2.28. The lowest BCUT2D eigenvalue weighted by atomic mass is 9.80. The Morgan fingerprint density at radius 1 is 1.56 bits per heavy atom. The predicted octanol–water partition coefficient (Wildman–Crippen LogP) is 0.881. The Balaban J connectivity index is 2.78. The maximum absolute atomic E-state index is 11.1. The van der Waals surface area contributed by atoms with Crippen molar-refractivity contribution in [1.29, 1.82) is 0 Å². The molecule has 0 aliphatic carbocycles. The smallest absolute Gasteiger partial charge is 0.311 e. The Kier molecular flexibility index (Phi) is 3.95. The molecule has 2 N–H and O–H groups in total. The summed E-state index contributed by atoms with van der Waals surface area (Å²) >= 11 is 0. The van der Waals surface area contributed by atoms with Gasteiger partial charge in [-0.2, -0.15) is 0 Å². The van der Waals surface area contributed by atoms with E-state index in [1.54, 1.807) is 6.92 Å². The van der Waals surface area contributed by atoms with Crippen LogP contribution in [0, 0.1) is 5.41 Å². The highest BCUT2D eigenvalue weighted by molar-refractivity contribution is 5.74. The first kappa shape index (κ1) is 12.6. The molecule has 0 aliphatic rings. The predicted molar refractivity (Wildman–Crippen MR) is 57.8 cm³/mol. The zero-order valence-electron chi connectivity index (χ0n) is 9.42. The van der Waals surface area contributed by atoms with Crippen LogP contribution >= 0.6 is 0 Å². The molecular weight excluding hydrogens is 208 g/mol. The molecule has 2 unspecified atom stereocenters. The van der Waals surface area contributed by atoms with Crippen molar-refractivity contribution in [3.63, 3.8) is 0 Å². The molecule has 2 atom stereocenters. The summed E-state index contributed by atoms with van der Waals surface area (Å²) in [6, 6.07) is 0. The lowest BCUT2D eigenvalue weighted by Crippen LogP contribution is -2.40. The van der Waals surface area contributed by atoms with Gasteiger partial charge in [-0.25, -0.2) is 0 Å². The van der Waals surface area contributed by atoms with Crippen LogP contribution in [0.4, 0.5) is 0 Å². The number of rotatable bonds is 5. The average molecular weight is 224 g/mol. The molecule has 1 heterocycles. The number of hydrogen-bond acceptors (Lipinski definition) is 4. The van der Waals surface area contributed by atoms with Gasteiger partial charge in [0.1, 0.15) is 0 Å². The summed E-state index contributed by atoms with van der Waals surface area (Å²) in [6.45, 7) is 3.28. The standard InChI is InChI=1S/C11H16N2O3/c1-3-11(2,10(15)16)9(14)6-8-7-12-4-5-13-8/h4-5,7,9,14H,3,6H2,1-2H3,(H,15,16). The van der Waals surface area contributed by atoms with E-state index in [4.69, 9.17) is 5.11 Å². The summed E-state index contributed by atoms with van der Waals surface area (Å²) in [5.41, 5.74) is -0.548. The van der Waals surface area contributed by atoms with E-state index in [1.165, 1.54) is 25.5 Å². The van der Waals surface area contributed by atoms with Crippen LogP contribution < -0.4 is 0 Å². The first-order chi connectivity index (χ1) is 7.50. The Labute approximate surface area is 94.2 Å². The highest BCUT2D eigenvalue weighted by Crippen LogP contribution is 2.28. The highest BCUT2D eigenvalue weighted by atomic mass is 16.4. The summed E-state index contributed by atoms with van der Waals surface area (Å²) in [7, 11) is 0. The normalized spacial score (nSPS) is 16.4. The van der Waals surface area contributed by atoms with Crippen molar-refractivity contribution in [2.75, 3.05) is 0 Å². The number of carbonyl (C=O) groups is 1. The van der Waals surface area contributed by atoms with E-state index in [-0.39, 0.29) is 6.42 Å². The van der Waals surface area contributed by atoms with Gasteiger partial charge >= 0.3 is 5.97 Å². The third-order valence-electron chi connectivity index (χ3n) is 2.98. The van der Waals surface area contributed by atoms with Gasteiger partial charge in [0.15, 0.2) is 0 Å². The van der Waals surface area contributed by atoms with E-state index in [0.29, 0.717) is 12.1 Å². The molecule has 0 spiro atoms. The van der Waals surface area contributed by atoms with Crippen molar-refractivity contribution in [1.82, 2.24) is 9.97 Å². The first-order valence-corrected chi connectivity index (χ1v) is 5.17. The number of carboxylic acid groups (broad SMARTS) is 1. The average Bonchev–Trinajstić information content (AvgIpc) is 2.28. The zero-order valence-corrected chi connectivity index (χ0v) is 9.42. The highest BCUT2D eigenvalue weighted by Gasteiger charge is 2.39. The van der Waals surface area contributed by atoms with Crippen LogP contribution in [0.3, 0.4) is 0 Å². The van der Waals surface area contributed by atoms with Crippen LogP contribution in [-0.2, 0) is 11.2 Å². The Morgan fingerprint density at radius 3 is 2.69 bits per heavy atom. The van der Waals surface area contributed by atoms with E-state index >= 15 is 0 Å². The van der Waals surface area contributed by atoms with Gasteiger partial charge in [-0.05, 0) is 13.3 Å². The largest absolute Gasteiger partial charge is 0.481 e. The van der Waals surface area contributed by atoms with Crippen molar-refractivity contribution in [2.45, 2.75) is 32.8 Å². The molecule has 1 aromatic rings. The molecule has 0 saturated heterocycles. The molecule has 0 amide bonds. The van der Waals surface area contributed by atoms with Crippen molar-refractivity contribution >= 4 is 5.97 Å². The molecule has 0 radical (unpaired) electrons. The number of carboxylic acids is 1. The second kappa shape index (κ2) is 5.03. The number of hydrogen-bond donors (Lipinski definition) is 2. The van der Waals surface area contributed by atoms with Gasteiger partial charge in [0.2, 0.25) is 0 Å². The molecule has 0 aromatic carbocycles. The zero-order chi connectivity index (χ0) is 12.2. The molecule has 5 nitrogen and oxygen atoms in total. The van der Waals surface area contributed by atoms with Crippen LogP contribution in [0.1, 0.15) is 26.0 Å². The minimum atomic E-state index is -1.14. The number of nitrogens with zero attached hydrogens (tertiary/aromatic N) is 2. The lowest BCUT2D eigenvalue weighted by molar-refractivity contribution is -0.155. The molecule has 0 saturated carbocycles. The van der Waals surface area contributed by atoms with Gasteiger partial charge in [-0.15, -0.1) is 0 Å². The summed E-state index contributed by atoms with van der Waals surface area (Å²) in [5, 5.41) is 19.0. The molecule has 88 valence electrons. The van der Waals surface area contributed by atoms with Gasteiger partial charge in [-0.3, -0.25) is 14.8 Å². The molecular formula is C11H16N2O3. The van der Waals surface area contributed by atoms with Crippen molar-refractivity contribution < 1.29 is 15.0 Å². The maximum Gasteiger partial charge on any atom is 0.311 e. The number of aromatic nitrogens is 2. The molecule has 0 fully saturated rings. The number of aliphatic hydroxyl groups excluding tert-OH is 1. The summed E-state index contributed by atoms with van der Waals surface area (Å²) in [5.74, 6) is -0.994. The van der Waals surface area contributed by atoms with Crippen LogP contribution in [0.5, 0.6) is 0 Å². The van der Waals surface area contributed by atoms with Crippen LogP contribution in [0.2, 0.25) is 0 Å². The SMILES string of the molecule is CCC(C)(C(=O)O)C(O)Cc1cnccn1. The van der Waals surface area contributed by atoms with Crippen molar-refractivity contribution in [3.05, 3.63) is 24.3 Å². The van der Waals surface area contributed by atoms with Gasteiger partial charge in [-0.1, -0.05) is 6.92 Å². The van der Waals surface area contributed by atoms with E-state index < -0.39 is 17.5 Å². The fraction of sp³-hybridized carbons (Fsp3) is 0.545. The van der Waals surface area contributed by atoms with Crippen LogP contribution in [-0.4, -0.2) is 32.3 Å². The second-order valence-corrected chi connectivity index (χ2v) is 3.99. The number of aliphatic carboxylic acids is 1. The van der Waals surface area contributed by atoms with E-state index in [0.717, 1.165) is 0 Å². The summed E-state index contributed by atoms with van der Waals surface area (Å²) in [6.07, 6.45) is 4.18. The monoisotopic (exact) mass is 224 g/mol. The van der Waals surface area contributed by atoms with Crippen LogP contribution in [0.25, 0.3) is 0 Å². The third-order valence-corrected chi connectivity index (χ3v) is 2.98. The van der Waals surface area contributed by atoms with Gasteiger partial charge in [0, 0.05) is 25.0 Å². The Morgan fingerprint density at radius 2 is 2.25 bits per heavy atom. The molecule has 16 heavy (non-hydrogen) atoms. The fourth-order valence-electron chi connectivity index (χ4n) is 1.39. The molecule has 0 aliphatic heterocycles. The van der Waals surface area contributed by atoms with E-state index in [2.05, 4.69) is 9.97 Å². The Hall–Kier alpha value is -1.49. The third kappa shape index (κ3) is 2.55. The van der Waals surface area contributed by atoms with Gasteiger partial charge < -0.3 is 10.2 Å². The van der Waals surface area contributed by atoms with E-state index in [1.807, 2.05) is 0 Å². The molecule has 1 rings (SSSR count). The topological polar surface area (TPSA) is 83.3 Å². The molecule has 1 aromatic heterocycles. The molecule has 5 heteroatoms. The minimum absolute atomic E-state index is 0.199. The fourth-order valence-corrected chi connectivity index (χ4v) is 1.39. The van der Waals surface area contributed by atoms with Crippen molar-refractivity contribution in [3.8, 4) is 0 Å². The van der Waals surface area contributed by atoms with Gasteiger partial charge in [0.25, 0.3) is 0 Å². The van der Waals surface area contributed by atoms with Gasteiger partial charge in [0.05, 0.1) is 17.2 Å². The first-order valence-electron chi connectivity index (χ1n) is 5.17. The van der Waals surface area contributed by atoms with E-state index in [9.17, 15) is 9.90 Å². The maximum atomic E-state index is 11.1. The van der Waals surface area contributed by atoms with Crippen molar-refractivity contribution in [2.24, 2.45) is 5.41 Å². The second-order valence-electron chi connectivity index (χ2n) is 3.99. The molecule has 0 bridgehead atoms. The number of aliphatic hydroxyl groups is 1. The quantitative estimate of drug-likeness (QED) is 0.775. The Bertz CT molecular complexity index is 356. The van der Waals surface area contributed by atoms with Crippen LogP contribution in [0.15, 0.2) is 18.6 Å². The minimum Gasteiger partial charge on any atom is -0.481 e.